The molecule has 0 saturated carbocycles. The number of carbonyl (C=O) groups excluding carboxylic acids is 3. The van der Waals surface area contributed by atoms with Crippen LogP contribution in [0.4, 0.5) is 0 Å². The highest BCUT2D eigenvalue weighted by Gasteiger charge is 2.68. The highest BCUT2D eigenvalue weighted by atomic mass is 16.5. The number of imide groups is 1. The third-order valence-corrected chi connectivity index (χ3v) is 5.76. The van der Waals surface area contributed by atoms with E-state index in [4.69, 9.17) is 4.74 Å². The topological polar surface area (TPSA) is 104 Å². The summed E-state index contributed by atoms with van der Waals surface area (Å²) in [5, 5.41) is 3.34. The maximum absolute atomic E-state index is 13.0. The van der Waals surface area contributed by atoms with Crippen LogP contribution in [-0.4, -0.2) is 52.3 Å². The molecule has 148 valence electrons. The first-order valence-corrected chi connectivity index (χ1v) is 9.40. The van der Waals surface area contributed by atoms with E-state index in [1.807, 2.05) is 27.7 Å². The summed E-state index contributed by atoms with van der Waals surface area (Å²) in [6.45, 7) is 7.84. The number of nitrogens with one attached hydrogen (secondary N) is 2. The summed E-state index contributed by atoms with van der Waals surface area (Å²) in [5.74, 6) is -1.66. The molecule has 0 radical (unpaired) electrons. The molecule has 0 aromatic carbocycles. The molecule has 2 saturated heterocycles. The number of nitrogens with zero attached hydrogens (tertiary/aromatic N) is 2. The number of aromatic amines is 1. The summed E-state index contributed by atoms with van der Waals surface area (Å²) < 4.78 is 5.09. The molecule has 27 heavy (non-hydrogen) atoms. The Balaban J connectivity index is 2.17. The molecule has 8 nitrogen and oxygen atoms in total. The van der Waals surface area contributed by atoms with Gasteiger partial charge in [-0.3, -0.25) is 24.6 Å². The fourth-order valence-electron chi connectivity index (χ4n) is 4.67. The highest BCUT2D eigenvalue weighted by Crippen LogP contribution is 2.51. The molecular weight excluding hydrogens is 348 g/mol. The normalized spacial score (nSPS) is 30.3. The first-order valence-electron chi connectivity index (χ1n) is 9.40. The lowest BCUT2D eigenvalue weighted by molar-refractivity contribution is -0.154. The van der Waals surface area contributed by atoms with Crippen molar-refractivity contribution in [3.05, 3.63) is 17.2 Å². The number of hydrogen-bond donors (Lipinski definition) is 2. The standard InChI is InChI=1S/C19H28N4O4/c1-7-11-20-10(4)14(21-11)15-12-13(17(25)23(5)16(12)24)19(22-15,8-9(2)3)18(26)27-6/h9,12-13,15,22H,7-8H2,1-6H3,(H,20,21)/t12-,13-,15+,19-/m1/s1. The number of likely N-dealkylation sites (tertiary alicyclic amines) is 1. The molecule has 2 N–H and O–H groups in total. The molecule has 0 spiro atoms. The second-order valence-corrected chi connectivity index (χ2v) is 7.97. The average molecular weight is 376 g/mol. The van der Waals surface area contributed by atoms with Crippen LogP contribution in [0.25, 0.3) is 0 Å². The van der Waals surface area contributed by atoms with Gasteiger partial charge in [-0.15, -0.1) is 0 Å². The number of aromatic nitrogens is 2. The summed E-state index contributed by atoms with van der Waals surface area (Å²) in [7, 11) is 2.79. The molecule has 2 fully saturated rings. The minimum atomic E-state index is -1.24. The Morgan fingerprint density at radius 1 is 1.33 bits per heavy atom. The Morgan fingerprint density at radius 3 is 2.52 bits per heavy atom. The van der Waals surface area contributed by atoms with E-state index >= 15 is 0 Å². The second-order valence-electron chi connectivity index (χ2n) is 7.97. The third kappa shape index (κ3) is 2.77. The van der Waals surface area contributed by atoms with E-state index < -0.39 is 29.4 Å². The van der Waals surface area contributed by atoms with Crippen molar-refractivity contribution in [3.8, 4) is 0 Å². The number of imidazole rings is 1. The van der Waals surface area contributed by atoms with Crippen LogP contribution in [0.2, 0.25) is 0 Å². The van der Waals surface area contributed by atoms with Gasteiger partial charge in [0.1, 0.15) is 11.4 Å². The first kappa shape index (κ1) is 19.5. The lowest BCUT2D eigenvalue weighted by atomic mass is 9.75. The van der Waals surface area contributed by atoms with Crippen molar-refractivity contribution in [1.29, 1.82) is 0 Å². The third-order valence-electron chi connectivity index (χ3n) is 5.76. The van der Waals surface area contributed by atoms with E-state index in [9.17, 15) is 14.4 Å². The number of rotatable bonds is 5. The zero-order valence-corrected chi connectivity index (χ0v) is 16.8. The van der Waals surface area contributed by atoms with Gasteiger partial charge in [0.15, 0.2) is 0 Å². The van der Waals surface area contributed by atoms with Gasteiger partial charge in [-0.05, 0) is 19.3 Å². The average Bonchev–Trinajstić information content (AvgIpc) is 3.23. The van der Waals surface area contributed by atoms with Crippen LogP contribution < -0.4 is 5.32 Å². The summed E-state index contributed by atoms with van der Waals surface area (Å²) >= 11 is 0. The number of aryl methyl sites for hydroxylation is 2. The fraction of sp³-hybridized carbons (Fsp3) is 0.684. The number of H-pyrrole nitrogens is 1. The number of fused-ring (bicyclic) bond motifs is 1. The number of amides is 2. The fourth-order valence-corrected chi connectivity index (χ4v) is 4.67. The Labute approximate surface area is 159 Å². The molecule has 3 heterocycles. The van der Waals surface area contributed by atoms with Crippen molar-refractivity contribution in [2.75, 3.05) is 14.2 Å². The number of methoxy groups -OCH3 is 1. The first-order chi connectivity index (χ1) is 12.7. The summed E-state index contributed by atoms with van der Waals surface area (Å²) in [6.07, 6.45) is 1.12. The monoisotopic (exact) mass is 376 g/mol. The summed E-state index contributed by atoms with van der Waals surface area (Å²) in [6, 6.07) is -0.522. The number of hydrogen-bond acceptors (Lipinski definition) is 6. The molecule has 0 unspecified atom stereocenters. The molecule has 2 aliphatic rings. The highest BCUT2D eigenvalue weighted by molar-refractivity contribution is 6.09. The minimum absolute atomic E-state index is 0.122. The summed E-state index contributed by atoms with van der Waals surface area (Å²) in [4.78, 5) is 47.8. The molecule has 0 aliphatic carbocycles. The van der Waals surface area contributed by atoms with Crippen molar-refractivity contribution < 1.29 is 19.1 Å². The Bertz CT molecular complexity index is 787. The minimum Gasteiger partial charge on any atom is -0.468 e. The largest absolute Gasteiger partial charge is 0.468 e. The van der Waals surface area contributed by atoms with Crippen LogP contribution in [0.3, 0.4) is 0 Å². The molecule has 3 rings (SSSR count). The van der Waals surface area contributed by atoms with Gasteiger partial charge in [-0.1, -0.05) is 20.8 Å². The van der Waals surface area contributed by atoms with E-state index in [1.54, 1.807) is 0 Å². The van der Waals surface area contributed by atoms with Crippen LogP contribution in [-0.2, 0) is 25.5 Å². The van der Waals surface area contributed by atoms with Crippen LogP contribution in [0.5, 0.6) is 0 Å². The van der Waals surface area contributed by atoms with Gasteiger partial charge >= 0.3 is 5.97 Å². The van der Waals surface area contributed by atoms with E-state index in [0.29, 0.717) is 12.1 Å². The zero-order chi connectivity index (χ0) is 20.1. The molecule has 2 amide bonds. The van der Waals surface area contributed by atoms with E-state index in [0.717, 1.165) is 22.8 Å². The van der Waals surface area contributed by atoms with Gasteiger partial charge in [0.25, 0.3) is 0 Å². The van der Waals surface area contributed by atoms with Gasteiger partial charge in [0.05, 0.1) is 30.7 Å². The van der Waals surface area contributed by atoms with Crippen LogP contribution in [0, 0.1) is 24.7 Å². The van der Waals surface area contributed by atoms with Gasteiger partial charge in [0, 0.05) is 19.2 Å². The zero-order valence-electron chi connectivity index (χ0n) is 16.8. The van der Waals surface area contributed by atoms with Gasteiger partial charge < -0.3 is 9.72 Å². The second kappa shape index (κ2) is 6.74. The summed E-state index contributed by atoms with van der Waals surface area (Å²) in [5.41, 5.74) is 0.281. The van der Waals surface area contributed by atoms with Crippen LogP contribution in [0.15, 0.2) is 0 Å². The lowest BCUT2D eigenvalue weighted by Gasteiger charge is -2.33. The molecule has 0 bridgehead atoms. The molecule has 2 aliphatic heterocycles. The van der Waals surface area contributed by atoms with Crippen LogP contribution in [0.1, 0.15) is 50.4 Å². The Morgan fingerprint density at radius 2 is 2.00 bits per heavy atom. The smallest absolute Gasteiger partial charge is 0.326 e. The van der Waals surface area contributed by atoms with Crippen molar-refractivity contribution in [3.63, 3.8) is 0 Å². The van der Waals surface area contributed by atoms with Gasteiger partial charge in [-0.2, -0.15) is 0 Å². The van der Waals surface area contributed by atoms with Gasteiger partial charge in [0.2, 0.25) is 11.8 Å². The maximum Gasteiger partial charge on any atom is 0.326 e. The van der Waals surface area contributed by atoms with E-state index in [1.165, 1.54) is 14.2 Å². The molecule has 8 heteroatoms. The van der Waals surface area contributed by atoms with Gasteiger partial charge in [-0.25, -0.2) is 4.98 Å². The molecular formula is C19H28N4O4. The van der Waals surface area contributed by atoms with E-state index in [-0.39, 0.29) is 17.7 Å². The Hall–Kier alpha value is -2.22. The van der Waals surface area contributed by atoms with Crippen molar-refractivity contribution in [2.45, 2.75) is 52.1 Å². The number of ether oxygens (including phenoxy) is 1. The van der Waals surface area contributed by atoms with Crippen LogP contribution >= 0.6 is 0 Å². The number of esters is 1. The maximum atomic E-state index is 13.0. The van der Waals surface area contributed by atoms with Crippen molar-refractivity contribution in [1.82, 2.24) is 20.2 Å². The SMILES string of the molecule is CCc1nc([C@H]2N[C@@](CC(C)C)(C(=O)OC)[C@H]3C(=O)N(C)C(=O)[C@@H]23)c(C)[nH]1. The Kier molecular flexibility index (Phi) is 4.88. The molecule has 1 aromatic heterocycles. The predicted molar refractivity (Wildman–Crippen MR) is 97.5 cm³/mol. The number of carbonyl (C=O) groups is 3. The lowest BCUT2D eigenvalue weighted by Crippen LogP contribution is -2.56. The molecule has 1 aromatic rings. The quantitative estimate of drug-likeness (QED) is 0.589. The molecule has 4 atom stereocenters. The van der Waals surface area contributed by atoms with E-state index in [2.05, 4.69) is 15.3 Å². The van der Waals surface area contributed by atoms with Crippen molar-refractivity contribution in [2.24, 2.45) is 17.8 Å². The predicted octanol–water partition coefficient (Wildman–Crippen LogP) is 1.11. The van der Waals surface area contributed by atoms with Crippen molar-refractivity contribution >= 4 is 17.8 Å².